The van der Waals surface area contributed by atoms with Crippen LogP contribution in [0.4, 0.5) is 10.5 Å². The summed E-state index contributed by atoms with van der Waals surface area (Å²) in [5, 5.41) is 6.37. The number of hydrogen-bond donors (Lipinski definition) is 2. The molecule has 1 heterocycles. The van der Waals surface area contributed by atoms with Gasteiger partial charge in [-0.1, -0.05) is 23.2 Å². The molecule has 0 spiro atoms. The molecule has 0 saturated carbocycles. The number of urea groups is 1. The minimum atomic E-state index is -0.294. The molecule has 0 aliphatic rings. The lowest BCUT2D eigenvalue weighted by atomic mass is 10.3. The summed E-state index contributed by atoms with van der Waals surface area (Å²) < 4.78 is 5.22. The van der Waals surface area contributed by atoms with E-state index in [-0.39, 0.29) is 6.03 Å². The van der Waals surface area contributed by atoms with Gasteiger partial charge in [-0.25, -0.2) is 4.79 Å². The van der Waals surface area contributed by atoms with Crippen molar-refractivity contribution in [2.24, 2.45) is 0 Å². The number of benzene rings is 1. The van der Waals surface area contributed by atoms with Gasteiger partial charge in [0.1, 0.15) is 5.76 Å². The molecule has 4 nitrogen and oxygen atoms in total. The Labute approximate surface area is 137 Å². The van der Waals surface area contributed by atoms with Crippen LogP contribution in [0.3, 0.4) is 0 Å². The summed E-state index contributed by atoms with van der Waals surface area (Å²) in [4.78, 5) is 11.7. The van der Waals surface area contributed by atoms with Crippen molar-refractivity contribution in [2.75, 3.05) is 17.6 Å². The third kappa shape index (κ3) is 5.53. The average Bonchev–Trinajstić information content (AvgIpc) is 2.95. The van der Waals surface area contributed by atoms with Crippen LogP contribution in [-0.4, -0.2) is 18.3 Å². The molecule has 7 heteroatoms. The number of carbonyl (C=O) groups excluding carboxylic acids is 1. The van der Waals surface area contributed by atoms with Gasteiger partial charge < -0.3 is 15.1 Å². The molecular formula is C14H14Cl2N2O2S. The Morgan fingerprint density at radius 2 is 2.14 bits per heavy atom. The molecule has 0 atom stereocenters. The lowest BCUT2D eigenvalue weighted by Crippen LogP contribution is -2.30. The Bertz CT molecular complexity index is 591. The van der Waals surface area contributed by atoms with E-state index >= 15 is 0 Å². The summed E-state index contributed by atoms with van der Waals surface area (Å²) >= 11 is 13.4. The molecule has 21 heavy (non-hydrogen) atoms. The Hall–Kier alpha value is -1.30. The van der Waals surface area contributed by atoms with E-state index in [9.17, 15) is 4.79 Å². The van der Waals surface area contributed by atoms with E-state index < -0.39 is 0 Å². The number of thioether (sulfide) groups is 1. The molecule has 1 aromatic carbocycles. The molecule has 0 aliphatic heterocycles. The van der Waals surface area contributed by atoms with Gasteiger partial charge in [-0.05, 0) is 30.3 Å². The zero-order valence-electron chi connectivity index (χ0n) is 11.1. The number of nitrogens with one attached hydrogen (secondary N) is 2. The summed E-state index contributed by atoms with van der Waals surface area (Å²) in [5.41, 5.74) is 0.529. The molecule has 112 valence electrons. The summed E-state index contributed by atoms with van der Waals surface area (Å²) in [6.07, 6.45) is 1.65. The zero-order valence-corrected chi connectivity index (χ0v) is 13.4. The highest BCUT2D eigenvalue weighted by Gasteiger charge is 2.05. The van der Waals surface area contributed by atoms with Gasteiger partial charge in [0, 0.05) is 17.3 Å². The van der Waals surface area contributed by atoms with Gasteiger partial charge in [-0.2, -0.15) is 11.8 Å². The van der Waals surface area contributed by atoms with E-state index in [2.05, 4.69) is 10.6 Å². The number of halogens is 2. The minimum Gasteiger partial charge on any atom is -0.468 e. The Morgan fingerprint density at radius 3 is 2.86 bits per heavy atom. The predicted octanol–water partition coefficient (Wildman–Crippen LogP) is 4.64. The molecule has 2 N–H and O–H groups in total. The van der Waals surface area contributed by atoms with Crippen molar-refractivity contribution in [3.63, 3.8) is 0 Å². The van der Waals surface area contributed by atoms with Crippen molar-refractivity contribution in [3.8, 4) is 0 Å². The number of hydrogen-bond acceptors (Lipinski definition) is 3. The molecule has 0 bridgehead atoms. The second-order valence-corrected chi connectivity index (χ2v) is 6.09. The van der Waals surface area contributed by atoms with E-state index in [1.807, 2.05) is 12.1 Å². The summed E-state index contributed by atoms with van der Waals surface area (Å²) in [7, 11) is 0. The fourth-order valence-corrected chi connectivity index (χ4v) is 2.77. The minimum absolute atomic E-state index is 0.294. The fourth-order valence-electron chi connectivity index (χ4n) is 1.56. The van der Waals surface area contributed by atoms with Gasteiger partial charge in [-0.3, -0.25) is 0 Å². The molecule has 1 aromatic heterocycles. The Morgan fingerprint density at radius 1 is 1.29 bits per heavy atom. The van der Waals surface area contributed by atoms with Crippen LogP contribution in [0.15, 0.2) is 41.0 Å². The second-order valence-electron chi connectivity index (χ2n) is 4.14. The smallest absolute Gasteiger partial charge is 0.319 e. The molecule has 2 rings (SSSR count). The first-order valence-electron chi connectivity index (χ1n) is 6.25. The molecule has 2 aromatic rings. The lowest BCUT2D eigenvalue weighted by molar-refractivity contribution is 0.252. The van der Waals surface area contributed by atoms with Gasteiger partial charge in [0.15, 0.2) is 0 Å². The Balaban J connectivity index is 1.65. The van der Waals surface area contributed by atoms with Crippen LogP contribution in [-0.2, 0) is 5.75 Å². The third-order valence-corrected chi connectivity index (χ3v) is 4.06. The highest BCUT2D eigenvalue weighted by Crippen LogP contribution is 2.25. The van der Waals surface area contributed by atoms with Crippen LogP contribution < -0.4 is 10.6 Å². The molecule has 2 amide bonds. The molecular weight excluding hydrogens is 331 g/mol. The van der Waals surface area contributed by atoms with Gasteiger partial charge in [-0.15, -0.1) is 0 Å². The third-order valence-electron chi connectivity index (χ3n) is 2.54. The zero-order chi connectivity index (χ0) is 15.1. The van der Waals surface area contributed by atoms with E-state index in [4.69, 9.17) is 27.6 Å². The van der Waals surface area contributed by atoms with Crippen LogP contribution >= 0.6 is 35.0 Å². The normalized spacial score (nSPS) is 10.4. The maximum absolute atomic E-state index is 11.7. The SMILES string of the molecule is O=C(NCCSCc1ccco1)Nc1ccc(Cl)cc1Cl. The summed E-state index contributed by atoms with van der Waals surface area (Å²) in [6, 6.07) is 8.40. The van der Waals surface area contributed by atoms with Crippen LogP contribution in [0.5, 0.6) is 0 Å². The number of carbonyl (C=O) groups is 1. The van der Waals surface area contributed by atoms with E-state index in [0.29, 0.717) is 22.3 Å². The van der Waals surface area contributed by atoms with Gasteiger partial charge in [0.25, 0.3) is 0 Å². The fraction of sp³-hybridized carbons (Fsp3) is 0.214. The van der Waals surface area contributed by atoms with Crippen molar-refractivity contribution in [1.29, 1.82) is 0 Å². The van der Waals surface area contributed by atoms with Crippen LogP contribution in [0.1, 0.15) is 5.76 Å². The first-order chi connectivity index (χ1) is 10.1. The van der Waals surface area contributed by atoms with Crippen LogP contribution in [0.2, 0.25) is 10.0 Å². The van der Waals surface area contributed by atoms with Gasteiger partial charge in [0.05, 0.1) is 22.7 Å². The maximum Gasteiger partial charge on any atom is 0.319 e. The average molecular weight is 345 g/mol. The first kappa shape index (κ1) is 16.1. The molecule has 0 unspecified atom stereocenters. The van der Waals surface area contributed by atoms with Crippen molar-refractivity contribution < 1.29 is 9.21 Å². The van der Waals surface area contributed by atoms with Crippen LogP contribution in [0.25, 0.3) is 0 Å². The quantitative estimate of drug-likeness (QED) is 0.750. The standard InChI is InChI=1S/C14H14Cl2N2O2S/c15-10-3-4-13(12(16)8-10)18-14(19)17-5-7-21-9-11-2-1-6-20-11/h1-4,6,8H,5,7,9H2,(H2,17,18,19). The van der Waals surface area contributed by atoms with E-state index in [1.165, 1.54) is 0 Å². The van der Waals surface area contributed by atoms with Gasteiger partial charge in [0.2, 0.25) is 0 Å². The summed E-state index contributed by atoms with van der Waals surface area (Å²) in [5.74, 6) is 2.51. The molecule has 0 radical (unpaired) electrons. The number of amides is 2. The van der Waals surface area contributed by atoms with Crippen molar-refractivity contribution in [2.45, 2.75) is 5.75 Å². The predicted molar refractivity (Wildman–Crippen MR) is 88.4 cm³/mol. The van der Waals surface area contributed by atoms with E-state index in [1.54, 1.807) is 36.2 Å². The van der Waals surface area contributed by atoms with Gasteiger partial charge >= 0.3 is 6.03 Å². The van der Waals surface area contributed by atoms with Crippen molar-refractivity contribution in [1.82, 2.24) is 5.32 Å². The highest BCUT2D eigenvalue weighted by molar-refractivity contribution is 7.98. The molecule has 0 saturated heterocycles. The molecule has 0 fully saturated rings. The Kier molecular flexibility index (Phi) is 6.29. The number of anilines is 1. The second kappa shape index (κ2) is 8.22. The van der Waals surface area contributed by atoms with Crippen LogP contribution in [0, 0.1) is 0 Å². The van der Waals surface area contributed by atoms with Crippen molar-refractivity contribution >= 4 is 46.7 Å². The monoisotopic (exact) mass is 344 g/mol. The maximum atomic E-state index is 11.7. The number of furan rings is 1. The first-order valence-corrected chi connectivity index (χ1v) is 8.16. The number of rotatable bonds is 6. The van der Waals surface area contributed by atoms with E-state index in [0.717, 1.165) is 17.3 Å². The summed E-state index contributed by atoms with van der Waals surface area (Å²) in [6.45, 7) is 0.558. The van der Waals surface area contributed by atoms with Crippen molar-refractivity contribution in [3.05, 3.63) is 52.4 Å². The lowest BCUT2D eigenvalue weighted by Gasteiger charge is -2.09. The largest absolute Gasteiger partial charge is 0.468 e. The highest BCUT2D eigenvalue weighted by atomic mass is 35.5. The topological polar surface area (TPSA) is 54.3 Å². The molecule has 0 aliphatic carbocycles.